The molecule has 0 unspecified atom stereocenters. The number of benzene rings is 1. The molecule has 0 saturated carbocycles. The number of hydrogen-bond donors (Lipinski definition) is 0. The summed E-state index contributed by atoms with van der Waals surface area (Å²) < 4.78 is 10.6. The van der Waals surface area contributed by atoms with Crippen molar-refractivity contribution in [2.45, 2.75) is 83.0 Å². The van der Waals surface area contributed by atoms with Gasteiger partial charge in [0, 0.05) is 50.5 Å². The summed E-state index contributed by atoms with van der Waals surface area (Å²) in [5.41, 5.74) is 0.546. The predicted molar refractivity (Wildman–Crippen MR) is 149 cm³/mol. The van der Waals surface area contributed by atoms with Crippen LogP contribution in [0.1, 0.15) is 65.9 Å². The molecule has 0 spiro atoms. The van der Waals surface area contributed by atoms with Crippen LogP contribution in [0.15, 0.2) is 30.3 Å². The molecule has 206 valence electrons. The van der Waals surface area contributed by atoms with Crippen LogP contribution in [-0.4, -0.2) is 74.5 Å². The molecule has 2 aliphatic heterocycles. The fraction of sp³-hybridized carbons (Fsp3) is 0.630. The van der Waals surface area contributed by atoms with Gasteiger partial charge in [0.2, 0.25) is 0 Å². The highest BCUT2D eigenvalue weighted by molar-refractivity contribution is 8.14. The van der Waals surface area contributed by atoms with E-state index in [1.165, 1.54) is 23.5 Å². The number of nitrogens with zero attached hydrogens (tertiary/aromatic N) is 2. The molecular weight excluding hydrogens is 512 g/mol. The number of hydrogen-bond acceptors (Lipinski definition) is 8. The first-order valence-electron chi connectivity index (χ1n) is 12.7. The largest absolute Gasteiger partial charge is 0.445 e. The molecule has 8 nitrogen and oxygen atoms in total. The molecule has 3 rings (SSSR count). The van der Waals surface area contributed by atoms with Gasteiger partial charge in [-0.3, -0.25) is 9.59 Å². The first-order chi connectivity index (χ1) is 17.4. The predicted octanol–water partition coefficient (Wildman–Crippen LogP) is 5.73. The highest BCUT2D eigenvalue weighted by Crippen LogP contribution is 2.25. The normalized spacial score (nSPS) is 16.9. The van der Waals surface area contributed by atoms with Gasteiger partial charge in [-0.2, -0.15) is 0 Å². The minimum atomic E-state index is -0.442. The molecule has 0 aliphatic carbocycles. The number of rotatable bonds is 4. The number of carbonyl (C=O) groups is 4. The monoisotopic (exact) mass is 552 g/mol. The van der Waals surface area contributed by atoms with Gasteiger partial charge in [-0.05, 0) is 52.0 Å². The molecular formula is C27H40N2O6S2. The van der Waals surface area contributed by atoms with Crippen molar-refractivity contribution < 1.29 is 28.7 Å². The lowest BCUT2D eigenvalue weighted by molar-refractivity contribution is -0.110. The maximum atomic E-state index is 11.9. The molecule has 0 atom stereocenters. The Hall–Kier alpha value is -2.20. The average Bonchev–Trinajstić information content (AvgIpc) is 2.83. The quantitative estimate of drug-likeness (QED) is 0.467. The summed E-state index contributed by atoms with van der Waals surface area (Å²) in [5, 5.41) is 0.993. The number of piperidine rings is 2. The van der Waals surface area contributed by atoms with E-state index in [4.69, 9.17) is 9.47 Å². The van der Waals surface area contributed by atoms with Gasteiger partial charge in [0.1, 0.15) is 12.2 Å². The molecule has 2 amide bonds. The van der Waals surface area contributed by atoms with E-state index in [1.807, 2.05) is 51.1 Å². The molecule has 0 bridgehead atoms. The third-order valence-electron chi connectivity index (χ3n) is 5.66. The molecule has 10 heteroatoms. The van der Waals surface area contributed by atoms with Gasteiger partial charge in [-0.15, -0.1) is 0 Å². The van der Waals surface area contributed by atoms with Crippen molar-refractivity contribution in [3.63, 3.8) is 0 Å². The van der Waals surface area contributed by atoms with Crippen LogP contribution >= 0.6 is 23.5 Å². The second kappa shape index (κ2) is 15.3. The molecule has 2 fully saturated rings. The Balaban J connectivity index is 0.000000264. The maximum Gasteiger partial charge on any atom is 0.410 e. The minimum Gasteiger partial charge on any atom is -0.445 e. The van der Waals surface area contributed by atoms with Crippen molar-refractivity contribution in [3.05, 3.63) is 35.9 Å². The van der Waals surface area contributed by atoms with Crippen molar-refractivity contribution in [3.8, 4) is 0 Å². The standard InChI is InChI=1S/C15H19NO3S.C12H21NO3S/c1-12(17)20-14-7-9-16(10-8-14)15(18)19-11-13-5-3-2-4-6-13;1-9(14)17-10-5-7-13(8-6-10)11(15)16-12(2,3)4/h2-6,14H,7-11H2,1H3;10H,5-8H2,1-4H3. The first kappa shape index (κ1) is 31.0. The summed E-state index contributed by atoms with van der Waals surface area (Å²) in [6, 6.07) is 9.65. The van der Waals surface area contributed by atoms with Crippen LogP contribution < -0.4 is 0 Å². The fourth-order valence-corrected chi connectivity index (χ4v) is 5.75. The van der Waals surface area contributed by atoms with Crippen LogP contribution in [-0.2, 0) is 25.7 Å². The van der Waals surface area contributed by atoms with Crippen molar-refractivity contribution in [2.75, 3.05) is 26.2 Å². The Morgan fingerprint density at radius 2 is 1.22 bits per heavy atom. The van der Waals surface area contributed by atoms with Gasteiger partial charge in [0.25, 0.3) is 0 Å². The van der Waals surface area contributed by atoms with E-state index < -0.39 is 5.60 Å². The highest BCUT2D eigenvalue weighted by atomic mass is 32.2. The highest BCUT2D eigenvalue weighted by Gasteiger charge is 2.27. The van der Waals surface area contributed by atoms with Crippen molar-refractivity contribution >= 4 is 45.9 Å². The van der Waals surface area contributed by atoms with Gasteiger partial charge >= 0.3 is 12.2 Å². The number of likely N-dealkylation sites (tertiary alicyclic amines) is 2. The molecule has 0 N–H and O–H groups in total. The third kappa shape index (κ3) is 12.7. The van der Waals surface area contributed by atoms with Crippen LogP contribution in [0.3, 0.4) is 0 Å². The van der Waals surface area contributed by atoms with Crippen LogP contribution in [0.5, 0.6) is 0 Å². The molecule has 0 aromatic heterocycles. The number of ether oxygens (including phenoxy) is 2. The van der Waals surface area contributed by atoms with Crippen molar-refractivity contribution in [2.24, 2.45) is 0 Å². The zero-order chi connectivity index (χ0) is 27.4. The summed E-state index contributed by atoms with van der Waals surface area (Å²) in [4.78, 5) is 49.2. The maximum absolute atomic E-state index is 11.9. The minimum absolute atomic E-state index is 0.148. The van der Waals surface area contributed by atoms with Crippen LogP contribution in [0.4, 0.5) is 9.59 Å². The Bertz CT molecular complexity index is 890. The van der Waals surface area contributed by atoms with Gasteiger partial charge < -0.3 is 19.3 Å². The van der Waals surface area contributed by atoms with E-state index in [0.717, 1.165) is 31.2 Å². The van der Waals surface area contributed by atoms with Gasteiger partial charge in [-0.25, -0.2) is 9.59 Å². The van der Waals surface area contributed by atoms with Gasteiger partial charge in [0.15, 0.2) is 10.2 Å². The molecule has 2 heterocycles. The second-order valence-electron chi connectivity index (χ2n) is 10.1. The Labute approximate surface area is 229 Å². The smallest absolute Gasteiger partial charge is 0.410 e. The van der Waals surface area contributed by atoms with Crippen LogP contribution in [0.2, 0.25) is 0 Å². The molecule has 2 aliphatic rings. The van der Waals surface area contributed by atoms with Gasteiger partial charge in [0.05, 0.1) is 0 Å². The lowest BCUT2D eigenvalue weighted by Crippen LogP contribution is -2.42. The summed E-state index contributed by atoms with van der Waals surface area (Å²) in [6.45, 7) is 11.8. The first-order valence-corrected chi connectivity index (χ1v) is 14.5. The van der Waals surface area contributed by atoms with Crippen molar-refractivity contribution in [1.82, 2.24) is 9.80 Å². The molecule has 37 heavy (non-hydrogen) atoms. The van der Waals surface area contributed by atoms with Gasteiger partial charge in [-0.1, -0.05) is 53.9 Å². The van der Waals surface area contributed by atoms with E-state index in [9.17, 15) is 19.2 Å². The van der Waals surface area contributed by atoms with Crippen LogP contribution in [0, 0.1) is 0 Å². The Morgan fingerprint density at radius 1 is 0.784 bits per heavy atom. The Kier molecular flexibility index (Phi) is 12.8. The lowest BCUT2D eigenvalue weighted by atomic mass is 10.1. The third-order valence-corrected chi connectivity index (χ3v) is 7.94. The molecule has 2 saturated heterocycles. The van der Waals surface area contributed by atoms with E-state index in [-0.39, 0.29) is 22.4 Å². The average molecular weight is 553 g/mol. The fourth-order valence-electron chi connectivity index (χ4n) is 3.92. The zero-order valence-electron chi connectivity index (χ0n) is 22.6. The number of carbonyl (C=O) groups excluding carboxylic acids is 4. The zero-order valence-corrected chi connectivity index (χ0v) is 24.2. The van der Waals surface area contributed by atoms with E-state index >= 15 is 0 Å². The summed E-state index contributed by atoms with van der Waals surface area (Å²) in [5.74, 6) is 0. The van der Waals surface area contributed by atoms with E-state index in [0.29, 0.717) is 43.3 Å². The summed E-state index contributed by atoms with van der Waals surface area (Å²) in [7, 11) is 0. The van der Waals surface area contributed by atoms with Crippen LogP contribution in [0.25, 0.3) is 0 Å². The Morgan fingerprint density at radius 3 is 1.62 bits per heavy atom. The van der Waals surface area contributed by atoms with E-state index in [1.54, 1.807) is 23.6 Å². The molecule has 1 aromatic rings. The van der Waals surface area contributed by atoms with E-state index in [2.05, 4.69) is 0 Å². The SMILES string of the molecule is CC(=O)SC1CCN(C(=O)OC(C)(C)C)CC1.CC(=O)SC1CCN(C(=O)OCc2ccccc2)CC1. The van der Waals surface area contributed by atoms with Crippen molar-refractivity contribution in [1.29, 1.82) is 0 Å². The summed E-state index contributed by atoms with van der Waals surface area (Å²) >= 11 is 2.77. The second-order valence-corrected chi connectivity index (χ2v) is 13.1. The molecule has 1 aromatic carbocycles. The number of thioether (sulfide) groups is 2. The summed E-state index contributed by atoms with van der Waals surface area (Å²) in [6.07, 6.45) is 2.92. The molecule has 0 radical (unpaired) electrons. The number of amides is 2. The topological polar surface area (TPSA) is 93.2 Å². The lowest BCUT2D eigenvalue weighted by Gasteiger charge is -2.32.